The van der Waals surface area contributed by atoms with Crippen LogP contribution in [0.25, 0.3) is 15.9 Å². The Hall–Kier alpha value is -2.65. The smallest absolute Gasteiger partial charge is 0.318 e. The van der Waals surface area contributed by atoms with E-state index in [2.05, 4.69) is 12.2 Å². The maximum absolute atomic E-state index is 13.8. The van der Waals surface area contributed by atoms with E-state index in [-0.39, 0.29) is 12.0 Å². The normalized spacial score (nSPS) is 15.5. The maximum atomic E-state index is 13.8. The summed E-state index contributed by atoms with van der Waals surface area (Å²) in [6.45, 7) is 6.22. The number of hydrogen-bond donors (Lipinski definition) is 2. The Bertz CT molecular complexity index is 1280. The molecule has 0 fully saturated rings. The lowest BCUT2D eigenvalue weighted by atomic mass is 9.89. The summed E-state index contributed by atoms with van der Waals surface area (Å²) in [5.41, 5.74) is 8.94. The predicted octanol–water partition coefficient (Wildman–Crippen LogP) is 3.87. The summed E-state index contributed by atoms with van der Waals surface area (Å²) in [7, 11) is 0. The molecule has 1 unspecified atom stereocenters. The highest BCUT2D eigenvalue weighted by Crippen LogP contribution is 2.37. The van der Waals surface area contributed by atoms with E-state index in [0.717, 1.165) is 51.9 Å². The van der Waals surface area contributed by atoms with Crippen LogP contribution in [-0.4, -0.2) is 27.2 Å². The standard InChI is InChI=1S/C23H26N4O3S2/c1-12-4-6-14(3)16(10-12)27-21(29)19-15-7-5-13(2)11-17(15)32-20(19)26-23(27)31-9-8-18(28)25-22(24)30/h4,6,10,13H,5,7-9,11H2,1-3H3,(H3,24,25,28,30). The minimum atomic E-state index is -0.870. The van der Waals surface area contributed by atoms with E-state index >= 15 is 0 Å². The van der Waals surface area contributed by atoms with Crippen molar-refractivity contribution in [3.63, 3.8) is 0 Å². The van der Waals surface area contributed by atoms with Crippen LogP contribution in [0.5, 0.6) is 0 Å². The second-order valence-electron chi connectivity index (χ2n) is 8.37. The van der Waals surface area contributed by atoms with Gasteiger partial charge in [-0.2, -0.15) is 0 Å². The Labute approximate surface area is 194 Å². The van der Waals surface area contributed by atoms with Crippen molar-refractivity contribution in [2.45, 2.75) is 51.6 Å². The number of primary amides is 1. The number of carbonyl (C=O) groups excluding carboxylic acids is 2. The van der Waals surface area contributed by atoms with Gasteiger partial charge in [-0.1, -0.05) is 30.8 Å². The number of nitrogens with two attached hydrogens (primary N) is 1. The summed E-state index contributed by atoms with van der Waals surface area (Å²) in [5, 5.41) is 3.35. The molecule has 1 aliphatic carbocycles. The molecule has 0 radical (unpaired) electrons. The molecular weight excluding hydrogens is 444 g/mol. The van der Waals surface area contributed by atoms with Gasteiger partial charge in [0.1, 0.15) is 4.83 Å². The summed E-state index contributed by atoms with van der Waals surface area (Å²) in [6.07, 6.45) is 3.05. The first-order valence-corrected chi connectivity index (χ1v) is 12.4. The number of benzene rings is 1. The van der Waals surface area contributed by atoms with Crippen molar-refractivity contribution in [1.29, 1.82) is 0 Å². The van der Waals surface area contributed by atoms with Gasteiger partial charge < -0.3 is 5.73 Å². The summed E-state index contributed by atoms with van der Waals surface area (Å²) in [5.74, 6) is 0.519. The van der Waals surface area contributed by atoms with Gasteiger partial charge in [-0.25, -0.2) is 9.78 Å². The number of imide groups is 1. The van der Waals surface area contributed by atoms with Crippen molar-refractivity contribution in [2.24, 2.45) is 11.7 Å². The Kier molecular flexibility index (Phi) is 6.39. The number of aromatic nitrogens is 2. The molecule has 1 aliphatic rings. The molecule has 3 N–H and O–H groups in total. The molecule has 3 amide bonds. The molecule has 0 bridgehead atoms. The van der Waals surface area contributed by atoms with Crippen molar-refractivity contribution in [3.05, 3.63) is 50.1 Å². The molecule has 9 heteroatoms. The third kappa shape index (κ3) is 4.45. The van der Waals surface area contributed by atoms with Gasteiger partial charge in [-0.15, -0.1) is 11.3 Å². The number of hydrogen-bond acceptors (Lipinski definition) is 6. The third-order valence-corrected chi connectivity index (χ3v) is 7.82. The van der Waals surface area contributed by atoms with Gasteiger partial charge in [0.25, 0.3) is 5.56 Å². The highest BCUT2D eigenvalue weighted by atomic mass is 32.2. The number of urea groups is 1. The third-order valence-electron chi connectivity index (χ3n) is 5.73. The molecule has 1 atom stereocenters. The Morgan fingerprint density at radius 1 is 1.34 bits per heavy atom. The molecule has 32 heavy (non-hydrogen) atoms. The second kappa shape index (κ2) is 9.07. The first-order valence-electron chi connectivity index (χ1n) is 10.6. The number of nitrogens with zero attached hydrogens (tertiary/aromatic N) is 2. The van der Waals surface area contributed by atoms with Crippen LogP contribution in [0.15, 0.2) is 28.2 Å². The molecule has 3 aromatic rings. The van der Waals surface area contributed by atoms with Gasteiger partial charge in [0.2, 0.25) is 5.91 Å². The van der Waals surface area contributed by atoms with Crippen molar-refractivity contribution in [2.75, 3.05) is 5.75 Å². The van der Waals surface area contributed by atoms with E-state index < -0.39 is 11.9 Å². The van der Waals surface area contributed by atoms with Crippen molar-refractivity contribution >= 4 is 45.3 Å². The van der Waals surface area contributed by atoms with Gasteiger partial charge in [-0.3, -0.25) is 19.5 Å². The second-order valence-corrected chi connectivity index (χ2v) is 10.5. The highest BCUT2D eigenvalue weighted by Gasteiger charge is 2.25. The van der Waals surface area contributed by atoms with E-state index in [1.165, 1.54) is 16.6 Å². The highest BCUT2D eigenvalue weighted by molar-refractivity contribution is 7.99. The van der Waals surface area contributed by atoms with Crippen LogP contribution in [0.1, 0.15) is 41.3 Å². The number of fused-ring (bicyclic) bond motifs is 3. The van der Waals surface area contributed by atoms with Gasteiger partial charge in [0.05, 0.1) is 11.1 Å². The molecule has 2 heterocycles. The number of thiophene rings is 1. The van der Waals surface area contributed by atoms with Gasteiger partial charge in [0, 0.05) is 17.1 Å². The van der Waals surface area contributed by atoms with Crippen LogP contribution in [0.2, 0.25) is 0 Å². The molecular formula is C23H26N4O3S2. The van der Waals surface area contributed by atoms with Gasteiger partial charge in [-0.05, 0) is 61.8 Å². The lowest BCUT2D eigenvalue weighted by molar-refractivity contribution is -0.119. The Balaban J connectivity index is 1.82. The molecule has 2 aromatic heterocycles. The minimum Gasteiger partial charge on any atom is -0.351 e. The monoisotopic (exact) mass is 470 g/mol. The summed E-state index contributed by atoms with van der Waals surface area (Å²) < 4.78 is 1.69. The fourth-order valence-electron chi connectivity index (χ4n) is 4.08. The summed E-state index contributed by atoms with van der Waals surface area (Å²) in [6, 6.07) is 5.14. The number of amides is 3. The fraction of sp³-hybridized carbons (Fsp3) is 0.391. The number of aryl methyl sites for hydroxylation is 3. The number of thioether (sulfide) groups is 1. The maximum Gasteiger partial charge on any atom is 0.318 e. The molecule has 7 nitrogen and oxygen atoms in total. The van der Waals surface area contributed by atoms with Crippen LogP contribution in [-0.2, 0) is 17.6 Å². The largest absolute Gasteiger partial charge is 0.351 e. The predicted molar refractivity (Wildman–Crippen MR) is 129 cm³/mol. The Morgan fingerprint density at radius 2 is 2.12 bits per heavy atom. The zero-order valence-electron chi connectivity index (χ0n) is 18.4. The van der Waals surface area contributed by atoms with Crippen LogP contribution >= 0.6 is 23.1 Å². The lowest BCUT2D eigenvalue weighted by Crippen LogP contribution is -2.35. The quantitative estimate of drug-likeness (QED) is 0.435. The topological polar surface area (TPSA) is 107 Å². The average molecular weight is 471 g/mol. The number of carbonyl (C=O) groups is 2. The van der Waals surface area contributed by atoms with Crippen LogP contribution in [0.4, 0.5) is 4.79 Å². The molecule has 0 saturated carbocycles. The van der Waals surface area contributed by atoms with E-state index in [1.807, 2.05) is 32.0 Å². The van der Waals surface area contributed by atoms with E-state index in [4.69, 9.17) is 10.7 Å². The molecule has 4 rings (SSSR count). The van der Waals surface area contributed by atoms with E-state index in [9.17, 15) is 14.4 Å². The zero-order valence-corrected chi connectivity index (χ0v) is 20.0. The van der Waals surface area contributed by atoms with Crippen molar-refractivity contribution in [1.82, 2.24) is 14.9 Å². The van der Waals surface area contributed by atoms with Crippen LogP contribution in [0.3, 0.4) is 0 Å². The van der Waals surface area contributed by atoms with Crippen molar-refractivity contribution in [3.8, 4) is 5.69 Å². The summed E-state index contributed by atoms with van der Waals surface area (Å²) in [4.78, 5) is 43.5. The summed E-state index contributed by atoms with van der Waals surface area (Å²) >= 11 is 2.95. The molecule has 168 valence electrons. The first-order chi connectivity index (χ1) is 15.2. The molecule has 1 aromatic carbocycles. The van der Waals surface area contributed by atoms with E-state index in [0.29, 0.717) is 16.8 Å². The van der Waals surface area contributed by atoms with Crippen molar-refractivity contribution < 1.29 is 9.59 Å². The number of nitrogens with one attached hydrogen (secondary N) is 1. The van der Waals surface area contributed by atoms with Crippen LogP contribution < -0.4 is 16.6 Å². The number of rotatable bonds is 5. The fourth-order valence-corrected chi connectivity index (χ4v) is 6.44. The minimum absolute atomic E-state index is 0.0557. The van der Waals surface area contributed by atoms with E-state index in [1.54, 1.807) is 15.9 Å². The zero-order chi connectivity index (χ0) is 23.0. The van der Waals surface area contributed by atoms with Gasteiger partial charge >= 0.3 is 6.03 Å². The Morgan fingerprint density at radius 3 is 2.88 bits per heavy atom. The first kappa shape index (κ1) is 22.5. The molecule has 0 saturated heterocycles. The van der Waals surface area contributed by atoms with Gasteiger partial charge in [0.15, 0.2) is 5.16 Å². The van der Waals surface area contributed by atoms with Crippen LogP contribution in [0, 0.1) is 19.8 Å². The lowest BCUT2D eigenvalue weighted by Gasteiger charge is -2.18. The molecule has 0 spiro atoms. The average Bonchev–Trinajstić information content (AvgIpc) is 3.07. The SMILES string of the molecule is Cc1ccc(C)c(-n2c(SCCC(=O)NC(N)=O)nc3sc4c(c3c2=O)CCC(C)C4)c1. The molecule has 0 aliphatic heterocycles.